The summed E-state index contributed by atoms with van der Waals surface area (Å²) in [4.78, 5) is 13.6. The molecule has 3 heterocycles. The van der Waals surface area contributed by atoms with Crippen molar-refractivity contribution in [2.75, 3.05) is 18.0 Å². The van der Waals surface area contributed by atoms with E-state index in [0.717, 1.165) is 38.0 Å². The number of piperidine rings is 1. The molecular weight excluding hydrogens is 310 g/mol. The second-order valence-electron chi connectivity index (χ2n) is 6.87. The molecule has 1 N–H and O–H groups in total. The van der Waals surface area contributed by atoms with E-state index in [-0.39, 0.29) is 6.17 Å². The van der Waals surface area contributed by atoms with Crippen molar-refractivity contribution in [3.63, 3.8) is 0 Å². The van der Waals surface area contributed by atoms with Crippen LogP contribution >= 0.6 is 0 Å². The number of nitrogens with one attached hydrogen (secondary N) is 1. The summed E-state index contributed by atoms with van der Waals surface area (Å²) in [6.07, 6.45) is 11.3. The van der Waals surface area contributed by atoms with Gasteiger partial charge in [-0.2, -0.15) is 0 Å². The SMILES string of the molecule is C=C(C)N(c1cnccc1CC)C1CCN(C2=CNC(C)N=C2)CC1. The first-order chi connectivity index (χ1) is 12.1. The van der Waals surface area contributed by atoms with Crippen molar-refractivity contribution in [2.24, 2.45) is 4.99 Å². The minimum Gasteiger partial charge on any atom is -0.369 e. The van der Waals surface area contributed by atoms with Crippen LogP contribution in [0.15, 0.2) is 47.6 Å². The Balaban J connectivity index is 1.71. The Kier molecular flexibility index (Phi) is 5.41. The lowest BCUT2D eigenvalue weighted by Crippen LogP contribution is -2.45. The molecule has 0 aliphatic carbocycles. The molecule has 0 saturated carbocycles. The molecule has 2 aliphatic rings. The van der Waals surface area contributed by atoms with Gasteiger partial charge in [0.05, 0.1) is 17.6 Å². The normalized spacial score (nSPS) is 20.8. The van der Waals surface area contributed by atoms with Gasteiger partial charge in [-0.15, -0.1) is 0 Å². The summed E-state index contributed by atoms with van der Waals surface area (Å²) in [5.74, 6) is 0. The highest BCUT2D eigenvalue weighted by Gasteiger charge is 2.27. The molecule has 3 rings (SSSR count). The van der Waals surface area contributed by atoms with Gasteiger partial charge < -0.3 is 15.1 Å². The number of aryl methyl sites for hydroxylation is 1. The summed E-state index contributed by atoms with van der Waals surface area (Å²) >= 11 is 0. The molecular formula is C20H29N5. The van der Waals surface area contributed by atoms with Crippen molar-refractivity contribution >= 4 is 11.9 Å². The van der Waals surface area contributed by atoms with Gasteiger partial charge in [-0.1, -0.05) is 13.5 Å². The lowest BCUT2D eigenvalue weighted by Gasteiger charge is -2.41. The van der Waals surface area contributed by atoms with Crippen molar-refractivity contribution in [2.45, 2.75) is 52.2 Å². The Hall–Kier alpha value is -2.30. The lowest BCUT2D eigenvalue weighted by atomic mass is 10.00. The second-order valence-corrected chi connectivity index (χ2v) is 6.87. The lowest BCUT2D eigenvalue weighted by molar-refractivity contribution is 0.269. The van der Waals surface area contributed by atoms with E-state index in [1.54, 1.807) is 0 Å². The van der Waals surface area contributed by atoms with Gasteiger partial charge in [-0.05, 0) is 44.7 Å². The molecule has 134 valence electrons. The highest BCUT2D eigenvalue weighted by Crippen LogP contribution is 2.30. The molecule has 0 spiro atoms. The van der Waals surface area contributed by atoms with Crippen molar-refractivity contribution in [3.8, 4) is 0 Å². The number of hydrogen-bond donors (Lipinski definition) is 1. The van der Waals surface area contributed by atoms with Crippen LogP contribution < -0.4 is 10.2 Å². The predicted octanol–water partition coefficient (Wildman–Crippen LogP) is 3.31. The zero-order chi connectivity index (χ0) is 17.8. The number of nitrogens with zero attached hydrogens (tertiary/aromatic N) is 4. The fourth-order valence-corrected chi connectivity index (χ4v) is 3.67. The minimum atomic E-state index is 0.179. The van der Waals surface area contributed by atoms with Crippen LogP contribution in [0, 0.1) is 0 Å². The fraction of sp³-hybridized carbons (Fsp3) is 0.500. The maximum Gasteiger partial charge on any atom is 0.115 e. The zero-order valence-electron chi connectivity index (χ0n) is 15.6. The smallest absolute Gasteiger partial charge is 0.115 e. The molecule has 5 heteroatoms. The maximum atomic E-state index is 4.46. The highest BCUT2D eigenvalue weighted by molar-refractivity contribution is 5.78. The zero-order valence-corrected chi connectivity index (χ0v) is 15.6. The molecule has 2 aliphatic heterocycles. The van der Waals surface area contributed by atoms with Crippen molar-refractivity contribution < 1.29 is 0 Å². The monoisotopic (exact) mass is 339 g/mol. The van der Waals surface area contributed by atoms with Crippen LogP contribution in [0.5, 0.6) is 0 Å². The van der Waals surface area contributed by atoms with Gasteiger partial charge in [0.1, 0.15) is 6.17 Å². The third-order valence-corrected chi connectivity index (χ3v) is 5.04. The van der Waals surface area contributed by atoms with Crippen LogP contribution in [-0.2, 0) is 6.42 Å². The number of allylic oxidation sites excluding steroid dienone is 2. The molecule has 1 unspecified atom stereocenters. The van der Waals surface area contributed by atoms with Gasteiger partial charge in [0.2, 0.25) is 0 Å². The van der Waals surface area contributed by atoms with Gasteiger partial charge in [0.15, 0.2) is 0 Å². The largest absolute Gasteiger partial charge is 0.369 e. The number of pyridine rings is 1. The standard InChI is InChI=1S/C20H29N5/c1-5-17-6-9-21-14-20(17)25(15(2)3)18-7-10-24(11-8-18)19-12-22-16(4)23-13-19/h6,9,12-14,16,18,22H,2,5,7-8,10-11H2,1,3-4H3. The number of hydrogen-bond acceptors (Lipinski definition) is 5. The van der Waals surface area contributed by atoms with Crippen molar-refractivity contribution in [1.29, 1.82) is 0 Å². The van der Waals surface area contributed by atoms with Gasteiger partial charge in [-0.25, -0.2) is 0 Å². The van der Waals surface area contributed by atoms with Crippen molar-refractivity contribution in [3.05, 3.63) is 48.2 Å². The number of anilines is 1. The average Bonchev–Trinajstić information content (AvgIpc) is 2.63. The van der Waals surface area contributed by atoms with E-state index in [1.807, 2.05) is 18.6 Å². The molecule has 0 aromatic carbocycles. The Morgan fingerprint density at radius 1 is 1.40 bits per heavy atom. The molecule has 1 fully saturated rings. The van der Waals surface area contributed by atoms with E-state index in [0.29, 0.717) is 6.04 Å². The Morgan fingerprint density at radius 2 is 2.16 bits per heavy atom. The molecule has 0 amide bonds. The van der Waals surface area contributed by atoms with Gasteiger partial charge >= 0.3 is 0 Å². The van der Waals surface area contributed by atoms with Crippen LogP contribution in [0.1, 0.15) is 39.2 Å². The summed E-state index contributed by atoms with van der Waals surface area (Å²) in [7, 11) is 0. The molecule has 5 nitrogen and oxygen atoms in total. The van der Waals surface area contributed by atoms with Crippen LogP contribution in [0.4, 0.5) is 5.69 Å². The minimum absolute atomic E-state index is 0.179. The first-order valence-electron chi connectivity index (χ1n) is 9.22. The van der Waals surface area contributed by atoms with Gasteiger partial charge in [0, 0.05) is 43.4 Å². The first kappa shape index (κ1) is 17.5. The van der Waals surface area contributed by atoms with Crippen LogP contribution in [-0.4, -0.2) is 41.4 Å². The molecule has 0 bridgehead atoms. The predicted molar refractivity (Wildman–Crippen MR) is 105 cm³/mol. The first-order valence-corrected chi connectivity index (χ1v) is 9.22. The Labute approximate surface area is 151 Å². The Morgan fingerprint density at radius 3 is 2.76 bits per heavy atom. The number of rotatable bonds is 5. The second kappa shape index (κ2) is 7.72. The maximum absolute atomic E-state index is 4.46. The summed E-state index contributed by atoms with van der Waals surface area (Å²) < 4.78 is 0. The van der Waals surface area contributed by atoms with Crippen LogP contribution in [0.25, 0.3) is 0 Å². The molecule has 1 aromatic rings. The van der Waals surface area contributed by atoms with Gasteiger partial charge in [0.25, 0.3) is 0 Å². The third kappa shape index (κ3) is 3.86. The topological polar surface area (TPSA) is 43.8 Å². The van der Waals surface area contributed by atoms with Gasteiger partial charge in [-0.3, -0.25) is 9.98 Å². The third-order valence-electron chi connectivity index (χ3n) is 5.04. The number of likely N-dealkylation sites (tertiary alicyclic amines) is 1. The number of aliphatic imine (C=N–C) groups is 1. The van der Waals surface area contributed by atoms with E-state index >= 15 is 0 Å². The molecule has 1 saturated heterocycles. The van der Waals surface area contributed by atoms with E-state index in [2.05, 4.69) is 64.7 Å². The highest BCUT2D eigenvalue weighted by atomic mass is 15.2. The van der Waals surface area contributed by atoms with Crippen LogP contribution in [0.2, 0.25) is 0 Å². The molecule has 1 atom stereocenters. The number of aromatic nitrogens is 1. The summed E-state index contributed by atoms with van der Waals surface area (Å²) in [5.41, 5.74) is 4.83. The average molecular weight is 339 g/mol. The summed E-state index contributed by atoms with van der Waals surface area (Å²) in [5, 5.41) is 3.29. The van der Waals surface area contributed by atoms with E-state index in [4.69, 9.17) is 0 Å². The Bertz CT molecular complexity index is 670. The van der Waals surface area contributed by atoms with Crippen molar-refractivity contribution in [1.82, 2.24) is 15.2 Å². The van der Waals surface area contributed by atoms with E-state index in [9.17, 15) is 0 Å². The van der Waals surface area contributed by atoms with Crippen LogP contribution in [0.3, 0.4) is 0 Å². The fourth-order valence-electron chi connectivity index (χ4n) is 3.67. The molecule has 0 radical (unpaired) electrons. The molecule has 1 aromatic heterocycles. The molecule has 25 heavy (non-hydrogen) atoms. The summed E-state index contributed by atoms with van der Waals surface area (Å²) in [6, 6.07) is 2.59. The quantitative estimate of drug-likeness (QED) is 0.894. The van der Waals surface area contributed by atoms with E-state index in [1.165, 1.54) is 16.9 Å². The van der Waals surface area contributed by atoms with E-state index < -0.39 is 0 Å². The summed E-state index contributed by atoms with van der Waals surface area (Å²) in [6.45, 7) is 12.7.